The molecule has 26 heavy (non-hydrogen) atoms. The van der Waals surface area contributed by atoms with E-state index in [1.807, 2.05) is 37.3 Å². The lowest BCUT2D eigenvalue weighted by molar-refractivity contribution is -0.121. The van der Waals surface area contributed by atoms with Crippen molar-refractivity contribution in [2.75, 3.05) is 38.6 Å². The quantitative estimate of drug-likeness (QED) is 0.867. The third-order valence-corrected chi connectivity index (χ3v) is 4.95. The minimum absolute atomic E-state index is 0.00556. The van der Waals surface area contributed by atoms with Crippen molar-refractivity contribution in [1.82, 2.24) is 9.80 Å². The number of benzene rings is 2. The van der Waals surface area contributed by atoms with E-state index in [2.05, 4.69) is 39.4 Å². The second-order valence-corrected chi connectivity index (χ2v) is 6.66. The molecule has 1 heterocycles. The smallest absolute Gasteiger partial charge is 0.241 e. The lowest BCUT2D eigenvalue weighted by Crippen LogP contribution is -2.52. The first-order valence-corrected chi connectivity index (χ1v) is 9.11. The highest BCUT2D eigenvalue weighted by Gasteiger charge is 2.26. The summed E-state index contributed by atoms with van der Waals surface area (Å²) < 4.78 is 5.31. The summed E-state index contributed by atoms with van der Waals surface area (Å²) in [7, 11) is 1.61. The molecule has 5 nitrogen and oxygen atoms in total. The number of nitrogens with one attached hydrogen (secondary N) is 1. The Hall–Kier alpha value is -2.37. The summed E-state index contributed by atoms with van der Waals surface area (Å²) in [6, 6.07) is 17.9. The Labute approximate surface area is 155 Å². The number of carbonyl (C=O) groups is 1. The van der Waals surface area contributed by atoms with E-state index < -0.39 is 0 Å². The first-order chi connectivity index (χ1) is 12.7. The number of hydrogen-bond donors (Lipinski definition) is 1. The second kappa shape index (κ2) is 8.83. The molecule has 1 aliphatic rings. The van der Waals surface area contributed by atoms with Crippen LogP contribution in [0, 0.1) is 0 Å². The third kappa shape index (κ3) is 4.62. The Morgan fingerprint density at radius 3 is 2.38 bits per heavy atom. The van der Waals surface area contributed by atoms with Gasteiger partial charge in [0, 0.05) is 32.7 Å². The molecule has 2 aromatic rings. The van der Waals surface area contributed by atoms with Crippen LogP contribution >= 0.6 is 0 Å². The number of ether oxygens (including phenoxy) is 1. The zero-order valence-corrected chi connectivity index (χ0v) is 15.5. The molecule has 1 aliphatic heterocycles. The van der Waals surface area contributed by atoms with Crippen LogP contribution in [0.25, 0.3) is 0 Å². The minimum atomic E-state index is -0.168. The molecule has 1 fully saturated rings. The molecular formula is C21H27N3O2. The zero-order valence-electron chi connectivity index (χ0n) is 15.5. The van der Waals surface area contributed by atoms with E-state index in [0.29, 0.717) is 5.75 Å². The maximum absolute atomic E-state index is 12.6. The van der Waals surface area contributed by atoms with Crippen LogP contribution in [0.4, 0.5) is 5.69 Å². The fourth-order valence-corrected chi connectivity index (χ4v) is 3.30. The van der Waals surface area contributed by atoms with Crippen LogP contribution in [0.3, 0.4) is 0 Å². The lowest BCUT2D eigenvalue weighted by atomic mass is 10.1. The van der Waals surface area contributed by atoms with Crippen LogP contribution in [0.1, 0.15) is 12.5 Å². The van der Waals surface area contributed by atoms with Gasteiger partial charge >= 0.3 is 0 Å². The number of para-hydroxylation sites is 2. The molecule has 138 valence electrons. The summed E-state index contributed by atoms with van der Waals surface area (Å²) >= 11 is 0. The Balaban J connectivity index is 1.51. The van der Waals surface area contributed by atoms with Crippen molar-refractivity contribution in [3.63, 3.8) is 0 Å². The average Bonchev–Trinajstić information content (AvgIpc) is 2.69. The van der Waals surface area contributed by atoms with Gasteiger partial charge in [-0.3, -0.25) is 14.6 Å². The predicted molar refractivity (Wildman–Crippen MR) is 104 cm³/mol. The van der Waals surface area contributed by atoms with Gasteiger partial charge in [-0.05, 0) is 24.6 Å². The average molecular weight is 353 g/mol. The number of rotatable bonds is 6. The van der Waals surface area contributed by atoms with E-state index >= 15 is 0 Å². The van der Waals surface area contributed by atoms with Gasteiger partial charge in [0.05, 0.1) is 18.8 Å². The van der Waals surface area contributed by atoms with Crippen LogP contribution < -0.4 is 10.1 Å². The van der Waals surface area contributed by atoms with E-state index in [-0.39, 0.29) is 11.9 Å². The van der Waals surface area contributed by atoms with Crippen LogP contribution in [-0.4, -0.2) is 55.0 Å². The summed E-state index contributed by atoms with van der Waals surface area (Å²) in [5.74, 6) is 0.687. The predicted octanol–water partition coefficient (Wildman–Crippen LogP) is 2.84. The maximum atomic E-state index is 12.6. The maximum Gasteiger partial charge on any atom is 0.241 e. The highest BCUT2D eigenvalue weighted by molar-refractivity contribution is 5.95. The molecule has 1 atom stereocenters. The minimum Gasteiger partial charge on any atom is -0.495 e. The largest absolute Gasteiger partial charge is 0.495 e. The molecule has 0 bridgehead atoms. The molecule has 0 saturated carbocycles. The van der Waals surface area contributed by atoms with Gasteiger partial charge in [0.25, 0.3) is 0 Å². The van der Waals surface area contributed by atoms with Gasteiger partial charge in [0.1, 0.15) is 5.75 Å². The van der Waals surface area contributed by atoms with Crippen LogP contribution in [0.2, 0.25) is 0 Å². The van der Waals surface area contributed by atoms with Crippen molar-refractivity contribution in [2.45, 2.75) is 19.5 Å². The van der Waals surface area contributed by atoms with Crippen molar-refractivity contribution in [3.05, 3.63) is 60.2 Å². The van der Waals surface area contributed by atoms with Crippen molar-refractivity contribution < 1.29 is 9.53 Å². The molecule has 0 radical (unpaired) electrons. The number of piperazine rings is 1. The van der Waals surface area contributed by atoms with E-state index in [1.54, 1.807) is 7.11 Å². The summed E-state index contributed by atoms with van der Waals surface area (Å²) in [5, 5.41) is 2.99. The summed E-state index contributed by atoms with van der Waals surface area (Å²) in [5.41, 5.74) is 2.05. The van der Waals surface area contributed by atoms with Gasteiger partial charge in [-0.1, -0.05) is 42.5 Å². The first kappa shape index (κ1) is 18.4. The zero-order chi connectivity index (χ0) is 18.4. The number of methoxy groups -OCH3 is 1. The van der Waals surface area contributed by atoms with E-state index in [1.165, 1.54) is 5.56 Å². The van der Waals surface area contributed by atoms with Gasteiger partial charge in [-0.2, -0.15) is 0 Å². The number of anilines is 1. The Morgan fingerprint density at radius 2 is 1.69 bits per heavy atom. The molecule has 3 rings (SSSR count). The van der Waals surface area contributed by atoms with Gasteiger partial charge in [-0.25, -0.2) is 0 Å². The Kier molecular flexibility index (Phi) is 6.26. The number of amides is 1. The molecule has 0 aliphatic carbocycles. The third-order valence-electron chi connectivity index (χ3n) is 4.95. The van der Waals surface area contributed by atoms with Crippen LogP contribution in [-0.2, 0) is 11.3 Å². The van der Waals surface area contributed by atoms with Crippen molar-refractivity contribution in [3.8, 4) is 5.75 Å². The molecule has 0 aromatic heterocycles. The topological polar surface area (TPSA) is 44.8 Å². The molecule has 0 unspecified atom stereocenters. The van der Waals surface area contributed by atoms with Gasteiger partial charge < -0.3 is 10.1 Å². The number of hydrogen-bond acceptors (Lipinski definition) is 4. The van der Waals surface area contributed by atoms with E-state index in [9.17, 15) is 4.79 Å². The lowest BCUT2D eigenvalue weighted by Gasteiger charge is -2.37. The monoisotopic (exact) mass is 353 g/mol. The molecule has 1 saturated heterocycles. The van der Waals surface area contributed by atoms with E-state index in [0.717, 1.165) is 38.4 Å². The van der Waals surface area contributed by atoms with Crippen LogP contribution in [0.5, 0.6) is 5.75 Å². The van der Waals surface area contributed by atoms with Crippen molar-refractivity contribution in [1.29, 1.82) is 0 Å². The Bertz CT molecular complexity index is 712. The van der Waals surface area contributed by atoms with Crippen molar-refractivity contribution in [2.24, 2.45) is 0 Å². The van der Waals surface area contributed by atoms with Gasteiger partial charge in [0.2, 0.25) is 5.91 Å². The number of nitrogens with zero attached hydrogens (tertiary/aromatic N) is 2. The standard InChI is InChI=1S/C21H27N3O2/c1-17(21(25)22-19-10-6-7-11-20(19)26-2)24-14-12-23(13-15-24)16-18-8-4-3-5-9-18/h3-11,17H,12-16H2,1-2H3,(H,22,25)/t17-/m0/s1. The van der Waals surface area contributed by atoms with E-state index in [4.69, 9.17) is 4.74 Å². The summed E-state index contributed by atoms with van der Waals surface area (Å²) in [6.45, 7) is 6.68. The molecule has 1 amide bonds. The number of carbonyl (C=O) groups excluding carboxylic acids is 1. The Morgan fingerprint density at radius 1 is 1.04 bits per heavy atom. The summed E-state index contributed by atoms with van der Waals surface area (Å²) in [6.07, 6.45) is 0. The fraction of sp³-hybridized carbons (Fsp3) is 0.381. The first-order valence-electron chi connectivity index (χ1n) is 9.11. The van der Waals surface area contributed by atoms with Gasteiger partial charge in [-0.15, -0.1) is 0 Å². The highest BCUT2D eigenvalue weighted by atomic mass is 16.5. The molecule has 0 spiro atoms. The highest BCUT2D eigenvalue weighted by Crippen LogP contribution is 2.23. The SMILES string of the molecule is COc1ccccc1NC(=O)[C@H](C)N1CCN(Cc2ccccc2)CC1. The second-order valence-electron chi connectivity index (χ2n) is 6.66. The molecule has 2 aromatic carbocycles. The summed E-state index contributed by atoms with van der Waals surface area (Å²) in [4.78, 5) is 17.3. The normalized spacial score (nSPS) is 16.8. The van der Waals surface area contributed by atoms with Crippen molar-refractivity contribution >= 4 is 11.6 Å². The van der Waals surface area contributed by atoms with Gasteiger partial charge in [0.15, 0.2) is 0 Å². The molecular weight excluding hydrogens is 326 g/mol. The molecule has 5 heteroatoms. The fourth-order valence-electron chi connectivity index (χ4n) is 3.30. The molecule has 1 N–H and O–H groups in total. The van der Waals surface area contributed by atoms with Crippen LogP contribution in [0.15, 0.2) is 54.6 Å².